The minimum Gasteiger partial charge on any atom is -0.466 e. The van der Waals surface area contributed by atoms with E-state index in [9.17, 15) is 38.4 Å². The predicted molar refractivity (Wildman–Crippen MR) is 334 cm³/mol. The van der Waals surface area contributed by atoms with E-state index in [0.29, 0.717) is 64.2 Å². The summed E-state index contributed by atoms with van der Waals surface area (Å²) in [6.45, 7) is 37.5. The lowest BCUT2D eigenvalue weighted by Crippen LogP contribution is -2.47. The van der Waals surface area contributed by atoms with Crippen molar-refractivity contribution in [2.45, 2.75) is 254 Å². The molecule has 0 aromatic carbocycles. The number of ether oxygens (including phenoxy) is 8. The first kappa shape index (κ1) is 75.3. The molecule has 3 rings (SSSR count). The monoisotopic (exact) mass is 1250 g/mol. The van der Waals surface area contributed by atoms with Crippen molar-refractivity contribution in [3.05, 3.63) is 25.3 Å². The Balaban J connectivity index is 1.29. The zero-order valence-electron chi connectivity index (χ0n) is 55.1. The smallest absolute Gasteiger partial charge is 0.407 e. The molecular weight excluding hydrogens is 1140 g/mol. The molecule has 0 aliphatic heterocycles. The summed E-state index contributed by atoms with van der Waals surface area (Å²) in [6.07, 6.45) is 12.2. The summed E-state index contributed by atoms with van der Waals surface area (Å²) in [5.74, 6) is -2.14. The highest BCUT2D eigenvalue weighted by Crippen LogP contribution is 2.51. The van der Waals surface area contributed by atoms with E-state index in [0.717, 1.165) is 62.8 Å². The molecule has 492 valence electrons. The maximum absolute atomic E-state index is 13.1. The van der Waals surface area contributed by atoms with E-state index in [1.165, 1.54) is 0 Å². The van der Waals surface area contributed by atoms with Crippen molar-refractivity contribution in [3.8, 4) is 0 Å². The molecule has 7 unspecified atom stereocenters. The maximum Gasteiger partial charge on any atom is 0.407 e. The fourth-order valence-corrected chi connectivity index (χ4v) is 23.2. The predicted octanol–water partition coefficient (Wildman–Crippen LogP) is 12.7. The molecule has 3 fully saturated rings. The fraction of sp³-hybridized carbons (Fsp3) is 0.812. The normalized spacial score (nSPS) is 24.5. The van der Waals surface area contributed by atoms with Gasteiger partial charge in [0, 0.05) is 49.5 Å². The Bertz CT molecular complexity index is 2270. The van der Waals surface area contributed by atoms with Crippen molar-refractivity contribution >= 4 is 64.8 Å². The lowest BCUT2D eigenvalue weighted by Gasteiger charge is -2.46. The van der Waals surface area contributed by atoms with E-state index in [1.807, 2.05) is 0 Å². The van der Waals surface area contributed by atoms with Gasteiger partial charge in [-0.25, -0.2) is 24.0 Å². The number of carbonyl (C=O) groups is 8. The number of amides is 3. The summed E-state index contributed by atoms with van der Waals surface area (Å²) >= 11 is 0. The highest BCUT2D eigenvalue weighted by atomic mass is 28.4. The maximum atomic E-state index is 13.1. The second kappa shape index (κ2) is 34.1. The van der Waals surface area contributed by atoms with Crippen LogP contribution in [-0.2, 0) is 66.0 Å². The average Bonchev–Trinajstić information content (AvgIpc) is 1.79. The minimum atomic E-state index is -2.12. The van der Waals surface area contributed by atoms with Crippen LogP contribution in [0, 0.1) is 32.5 Å². The Morgan fingerprint density at radius 1 is 0.453 bits per heavy atom. The van der Waals surface area contributed by atoms with Crippen molar-refractivity contribution in [2.24, 2.45) is 32.5 Å². The molecule has 0 aromatic heterocycles. The van der Waals surface area contributed by atoms with Crippen molar-refractivity contribution in [3.63, 3.8) is 0 Å². The van der Waals surface area contributed by atoms with Gasteiger partial charge in [0.2, 0.25) is 0 Å². The lowest BCUT2D eigenvalue weighted by molar-refractivity contribution is -0.156. The molecule has 3 aliphatic carbocycles. The van der Waals surface area contributed by atoms with Crippen LogP contribution in [0.5, 0.6) is 0 Å². The molecule has 3 saturated carbocycles. The number of hydrogen-bond donors (Lipinski definition) is 3. The SMILES string of the molecule is C=CC(=O)OCCOC(=O)CCC1(C)CC(NC(=O)OCCCCOC(=O)CCC2(C)CC(NC(=O)OCCC[Si](C)(C)O[Si](C)(C)CCCOC(=O)NC3CC(C)(C)CC(C)(CCC(=O)OC(C)COC(=O)C=C)C3)CC(C)(C)C2)CC(C)(C)C1. The van der Waals surface area contributed by atoms with Gasteiger partial charge in [-0.05, 0) is 180 Å². The third-order valence-corrected chi connectivity index (χ3v) is 24.2. The summed E-state index contributed by atoms with van der Waals surface area (Å²) in [5, 5.41) is 9.25. The molecule has 20 nitrogen and oxygen atoms in total. The number of alkyl carbamates (subject to hydrolysis) is 3. The van der Waals surface area contributed by atoms with Gasteiger partial charge in [0.25, 0.3) is 0 Å². The Kier molecular flexibility index (Phi) is 29.9. The number of rotatable bonds is 35. The van der Waals surface area contributed by atoms with Crippen LogP contribution in [0.15, 0.2) is 25.3 Å². The molecule has 0 heterocycles. The van der Waals surface area contributed by atoms with Gasteiger partial charge < -0.3 is 58.0 Å². The van der Waals surface area contributed by atoms with Gasteiger partial charge in [-0.3, -0.25) is 14.4 Å². The fourth-order valence-electron chi connectivity index (χ4n) is 14.4. The molecule has 86 heavy (non-hydrogen) atoms. The van der Waals surface area contributed by atoms with E-state index in [2.05, 4.69) is 118 Å². The Morgan fingerprint density at radius 2 is 0.779 bits per heavy atom. The minimum absolute atomic E-state index is 0.0204. The zero-order chi connectivity index (χ0) is 64.6. The van der Waals surface area contributed by atoms with E-state index in [1.54, 1.807) is 6.92 Å². The molecule has 7 atom stereocenters. The van der Waals surface area contributed by atoms with E-state index in [4.69, 9.17) is 42.0 Å². The van der Waals surface area contributed by atoms with Gasteiger partial charge in [-0.2, -0.15) is 0 Å². The highest BCUT2D eigenvalue weighted by Gasteiger charge is 2.45. The van der Waals surface area contributed by atoms with Gasteiger partial charge in [0.1, 0.15) is 25.9 Å². The number of esters is 5. The molecular formula is C64H111N3O17Si2. The first-order valence-electron chi connectivity index (χ1n) is 31.4. The lowest BCUT2D eigenvalue weighted by atomic mass is 9.61. The van der Waals surface area contributed by atoms with Gasteiger partial charge in [0.05, 0.1) is 26.4 Å². The number of hydrogen-bond acceptors (Lipinski definition) is 17. The van der Waals surface area contributed by atoms with Crippen LogP contribution in [0.4, 0.5) is 14.4 Å². The van der Waals surface area contributed by atoms with Gasteiger partial charge >= 0.3 is 48.1 Å². The molecule has 0 spiro atoms. The molecule has 0 bridgehead atoms. The quantitative estimate of drug-likeness (QED) is 0.0175. The molecule has 3 N–H and O–H groups in total. The summed E-state index contributed by atoms with van der Waals surface area (Å²) in [7, 11) is -4.24. The van der Waals surface area contributed by atoms with Crippen LogP contribution in [0.25, 0.3) is 0 Å². The third-order valence-electron chi connectivity index (χ3n) is 16.7. The van der Waals surface area contributed by atoms with Crippen molar-refractivity contribution in [1.29, 1.82) is 0 Å². The van der Waals surface area contributed by atoms with E-state index in [-0.39, 0.29) is 134 Å². The van der Waals surface area contributed by atoms with Gasteiger partial charge in [0.15, 0.2) is 16.6 Å². The molecule has 0 aromatic rings. The molecule has 3 aliphatic rings. The number of carbonyl (C=O) groups excluding carboxylic acids is 8. The third kappa shape index (κ3) is 31.3. The summed E-state index contributed by atoms with van der Waals surface area (Å²) in [6, 6.07) is 1.31. The Hall–Kier alpha value is -4.97. The molecule has 22 heteroatoms. The summed E-state index contributed by atoms with van der Waals surface area (Å²) in [5.41, 5.74) is -0.805. The van der Waals surface area contributed by atoms with Crippen LogP contribution >= 0.6 is 0 Å². The standard InChI is InChI=1S/C64H111N3O17Si2/c1-17-51(68)77-33-34-78-54(71)24-27-63(11)40-48(37-59(4,5)45-63)65-56(73)79-30-20-19-29-76-53(70)23-26-62(10)41-49(38-60(6,7)44-62)66-57(74)80-31-21-35-85(13,14)84-86(15,16)36-22-32-81-58(75)67-50-39-61(8,9)46-64(12,42-50)28-25-55(72)83-47(3)43-82-52(69)18-2/h17-18,47-50H,1-2,19-46H2,3-16H3,(H,65,73)(H,66,74)(H,67,75). The van der Waals surface area contributed by atoms with E-state index < -0.39 is 53.0 Å². The number of unbranched alkanes of at least 4 members (excludes halogenated alkanes) is 1. The summed E-state index contributed by atoms with van der Waals surface area (Å²) < 4.78 is 49.8. The van der Waals surface area contributed by atoms with Crippen LogP contribution in [-0.4, -0.2) is 135 Å². The molecule has 3 amide bonds. The Morgan fingerprint density at radius 3 is 1.16 bits per heavy atom. The van der Waals surface area contributed by atoms with Gasteiger partial charge in [-0.1, -0.05) is 75.5 Å². The first-order valence-corrected chi connectivity index (χ1v) is 37.7. The van der Waals surface area contributed by atoms with Crippen LogP contribution in [0.2, 0.25) is 38.3 Å². The molecule has 0 saturated heterocycles. The highest BCUT2D eigenvalue weighted by molar-refractivity contribution is 6.84. The summed E-state index contributed by atoms with van der Waals surface area (Å²) in [4.78, 5) is 99.6. The molecule has 0 radical (unpaired) electrons. The van der Waals surface area contributed by atoms with Crippen LogP contribution in [0.3, 0.4) is 0 Å². The van der Waals surface area contributed by atoms with Crippen molar-refractivity contribution in [2.75, 3.05) is 46.2 Å². The number of nitrogens with one attached hydrogen (secondary N) is 3. The zero-order valence-corrected chi connectivity index (χ0v) is 57.1. The first-order chi connectivity index (χ1) is 39.9. The van der Waals surface area contributed by atoms with Gasteiger partial charge in [-0.15, -0.1) is 0 Å². The van der Waals surface area contributed by atoms with E-state index >= 15 is 0 Å². The van der Waals surface area contributed by atoms with Crippen LogP contribution in [0.1, 0.15) is 191 Å². The largest absolute Gasteiger partial charge is 0.466 e. The topological polar surface area (TPSA) is 256 Å². The van der Waals surface area contributed by atoms with Crippen molar-refractivity contribution < 1.29 is 80.4 Å². The second-order valence-electron chi connectivity index (χ2n) is 29.6. The Labute approximate surface area is 516 Å². The second-order valence-corrected chi connectivity index (χ2v) is 38.4. The van der Waals surface area contributed by atoms with Crippen molar-refractivity contribution in [1.82, 2.24) is 16.0 Å². The van der Waals surface area contributed by atoms with Crippen LogP contribution < -0.4 is 16.0 Å². The average molecular weight is 1250 g/mol.